The van der Waals surface area contributed by atoms with Gasteiger partial charge in [0.15, 0.2) is 18.2 Å². The van der Waals surface area contributed by atoms with Gasteiger partial charge in [-0.1, -0.05) is 36.4 Å². The molecule has 25 heavy (non-hydrogen) atoms. The van der Waals surface area contributed by atoms with Crippen molar-refractivity contribution < 1.29 is 23.5 Å². The number of hydrogen-bond acceptors (Lipinski definition) is 4. The van der Waals surface area contributed by atoms with Crippen LogP contribution in [0.25, 0.3) is 6.08 Å². The number of benzene rings is 2. The van der Waals surface area contributed by atoms with Crippen molar-refractivity contribution >= 4 is 18.0 Å². The molecule has 0 spiro atoms. The molecule has 0 aliphatic rings. The lowest BCUT2D eigenvalue weighted by Crippen LogP contribution is -2.28. The summed E-state index contributed by atoms with van der Waals surface area (Å²) >= 11 is 0. The van der Waals surface area contributed by atoms with E-state index in [2.05, 4.69) is 5.32 Å². The second-order valence-corrected chi connectivity index (χ2v) is 5.10. The quantitative estimate of drug-likeness (QED) is 0.620. The van der Waals surface area contributed by atoms with Crippen LogP contribution in [0.4, 0.5) is 4.39 Å². The number of methoxy groups -OCH3 is 1. The average molecular weight is 343 g/mol. The van der Waals surface area contributed by atoms with Gasteiger partial charge in [-0.2, -0.15) is 0 Å². The molecule has 0 heterocycles. The highest BCUT2D eigenvalue weighted by molar-refractivity contribution is 5.89. The van der Waals surface area contributed by atoms with Crippen molar-refractivity contribution in [3.63, 3.8) is 0 Å². The molecule has 0 aliphatic carbocycles. The number of carbonyl (C=O) groups is 2. The summed E-state index contributed by atoms with van der Waals surface area (Å²) in [6, 6.07) is 13.7. The molecule has 2 aromatic carbocycles. The summed E-state index contributed by atoms with van der Waals surface area (Å²) in [5.74, 6) is -1.50. The number of nitrogens with one attached hydrogen (secondary N) is 1. The minimum absolute atomic E-state index is 0.120. The first-order valence-electron chi connectivity index (χ1n) is 7.57. The van der Waals surface area contributed by atoms with Crippen LogP contribution in [0.3, 0.4) is 0 Å². The van der Waals surface area contributed by atoms with E-state index in [9.17, 15) is 14.0 Å². The highest BCUT2D eigenvalue weighted by Gasteiger charge is 2.06. The Morgan fingerprint density at radius 2 is 1.92 bits per heavy atom. The van der Waals surface area contributed by atoms with Crippen LogP contribution in [0.15, 0.2) is 54.6 Å². The topological polar surface area (TPSA) is 64.6 Å². The molecule has 0 aliphatic heterocycles. The summed E-state index contributed by atoms with van der Waals surface area (Å²) in [5.41, 5.74) is 1.42. The van der Waals surface area contributed by atoms with Gasteiger partial charge in [0.05, 0.1) is 7.11 Å². The molecule has 5 nitrogen and oxygen atoms in total. The van der Waals surface area contributed by atoms with E-state index in [1.54, 1.807) is 6.07 Å². The molecule has 0 unspecified atom stereocenters. The van der Waals surface area contributed by atoms with Crippen LogP contribution in [0.2, 0.25) is 0 Å². The monoisotopic (exact) mass is 343 g/mol. The number of halogens is 1. The van der Waals surface area contributed by atoms with Gasteiger partial charge in [0, 0.05) is 12.6 Å². The van der Waals surface area contributed by atoms with Gasteiger partial charge in [0.2, 0.25) is 0 Å². The number of hydrogen-bond donors (Lipinski definition) is 1. The van der Waals surface area contributed by atoms with Gasteiger partial charge in [0.25, 0.3) is 5.91 Å². The zero-order valence-corrected chi connectivity index (χ0v) is 13.7. The molecule has 0 radical (unpaired) electrons. The summed E-state index contributed by atoms with van der Waals surface area (Å²) in [7, 11) is 1.37. The van der Waals surface area contributed by atoms with Gasteiger partial charge in [-0.15, -0.1) is 0 Å². The van der Waals surface area contributed by atoms with Gasteiger partial charge >= 0.3 is 5.97 Å². The maximum absolute atomic E-state index is 13.5. The van der Waals surface area contributed by atoms with Crippen molar-refractivity contribution in [3.8, 4) is 5.75 Å². The molecule has 2 aromatic rings. The van der Waals surface area contributed by atoms with Gasteiger partial charge in [-0.25, -0.2) is 9.18 Å². The van der Waals surface area contributed by atoms with E-state index in [1.807, 2.05) is 30.3 Å². The Hall–Kier alpha value is -3.15. The maximum Gasteiger partial charge on any atom is 0.331 e. The number of carbonyl (C=O) groups excluding carboxylic acids is 2. The third-order valence-corrected chi connectivity index (χ3v) is 3.27. The first-order chi connectivity index (χ1) is 12.1. The van der Waals surface area contributed by atoms with E-state index in [0.717, 1.165) is 11.6 Å². The largest absolute Gasteiger partial charge is 0.494 e. The van der Waals surface area contributed by atoms with E-state index >= 15 is 0 Å². The van der Waals surface area contributed by atoms with Gasteiger partial charge in [0.1, 0.15) is 0 Å². The average Bonchev–Trinajstić information content (AvgIpc) is 2.64. The predicted octanol–water partition coefficient (Wildman–Crippen LogP) is 2.71. The Kier molecular flexibility index (Phi) is 6.71. The first-order valence-corrected chi connectivity index (χ1v) is 7.57. The third kappa shape index (κ3) is 6.10. The van der Waals surface area contributed by atoms with E-state index in [4.69, 9.17) is 9.47 Å². The van der Waals surface area contributed by atoms with Gasteiger partial charge < -0.3 is 14.8 Å². The molecule has 0 fully saturated rings. The molecule has 0 saturated carbocycles. The molecule has 130 valence electrons. The lowest BCUT2D eigenvalue weighted by molar-refractivity contribution is -0.143. The Morgan fingerprint density at radius 3 is 2.60 bits per heavy atom. The van der Waals surface area contributed by atoms with Crippen LogP contribution in [0.1, 0.15) is 11.1 Å². The summed E-state index contributed by atoms with van der Waals surface area (Å²) in [6.45, 7) is -0.0227. The highest BCUT2D eigenvalue weighted by Crippen LogP contribution is 2.18. The molecule has 6 heteroatoms. The molecular weight excluding hydrogens is 325 g/mol. The van der Waals surface area contributed by atoms with Gasteiger partial charge in [-0.3, -0.25) is 4.79 Å². The summed E-state index contributed by atoms with van der Waals surface area (Å²) in [4.78, 5) is 23.2. The van der Waals surface area contributed by atoms with Crippen molar-refractivity contribution in [2.45, 2.75) is 6.54 Å². The van der Waals surface area contributed by atoms with Crippen LogP contribution >= 0.6 is 0 Å². The molecule has 0 aromatic heterocycles. The van der Waals surface area contributed by atoms with Gasteiger partial charge in [-0.05, 0) is 29.3 Å². The van der Waals surface area contributed by atoms with Crippen molar-refractivity contribution in [1.29, 1.82) is 0 Å². The second kappa shape index (κ2) is 9.22. The fraction of sp³-hybridized carbons (Fsp3) is 0.158. The van der Waals surface area contributed by atoms with E-state index in [0.29, 0.717) is 12.1 Å². The smallest absolute Gasteiger partial charge is 0.331 e. The van der Waals surface area contributed by atoms with Crippen LogP contribution in [-0.2, 0) is 20.9 Å². The summed E-state index contributed by atoms with van der Waals surface area (Å²) in [6.07, 6.45) is 2.53. The highest BCUT2D eigenvalue weighted by atomic mass is 19.1. The molecular formula is C19H18FNO4. The normalized spacial score (nSPS) is 10.5. The molecule has 0 atom stereocenters. The van der Waals surface area contributed by atoms with Crippen molar-refractivity contribution in [2.75, 3.05) is 13.7 Å². The SMILES string of the molecule is COc1ccc(/C=C/C(=O)OCC(=O)NCc2ccccc2)cc1F. The third-order valence-electron chi connectivity index (χ3n) is 3.27. The summed E-state index contributed by atoms with van der Waals surface area (Å²) in [5, 5.41) is 2.64. The minimum Gasteiger partial charge on any atom is -0.494 e. The molecule has 0 bridgehead atoms. The predicted molar refractivity (Wildman–Crippen MR) is 91.2 cm³/mol. The van der Waals surface area contributed by atoms with Crippen LogP contribution < -0.4 is 10.1 Å². The van der Waals surface area contributed by atoms with Crippen molar-refractivity contribution in [1.82, 2.24) is 5.32 Å². The number of rotatable bonds is 7. The van der Waals surface area contributed by atoms with E-state index < -0.39 is 17.7 Å². The van der Waals surface area contributed by atoms with Crippen LogP contribution in [0, 0.1) is 5.82 Å². The maximum atomic E-state index is 13.5. The van der Waals surface area contributed by atoms with Crippen LogP contribution in [-0.4, -0.2) is 25.6 Å². The zero-order valence-electron chi connectivity index (χ0n) is 13.7. The Balaban J connectivity index is 1.76. The van der Waals surface area contributed by atoms with E-state index in [-0.39, 0.29) is 12.4 Å². The molecule has 0 saturated heterocycles. The lowest BCUT2D eigenvalue weighted by Gasteiger charge is -2.05. The molecule has 2 rings (SSSR count). The Bertz CT molecular complexity index is 759. The Labute approximate surface area is 145 Å². The zero-order chi connectivity index (χ0) is 18.1. The number of ether oxygens (including phenoxy) is 2. The van der Waals surface area contributed by atoms with Crippen LogP contribution in [0.5, 0.6) is 5.75 Å². The first kappa shape index (κ1) is 18.2. The van der Waals surface area contributed by atoms with Crippen molar-refractivity contribution in [3.05, 3.63) is 71.6 Å². The standard InChI is InChI=1S/C19H18FNO4/c1-24-17-9-7-14(11-16(17)20)8-10-19(23)25-13-18(22)21-12-15-5-3-2-4-6-15/h2-11H,12-13H2,1H3,(H,21,22)/b10-8+. The summed E-state index contributed by atoms with van der Waals surface area (Å²) < 4.78 is 23.2. The van der Waals surface area contributed by atoms with Crippen molar-refractivity contribution in [2.24, 2.45) is 0 Å². The van der Waals surface area contributed by atoms with E-state index in [1.165, 1.54) is 25.3 Å². The number of amides is 1. The fourth-order valence-corrected chi connectivity index (χ4v) is 1.98. The minimum atomic E-state index is -0.689. The Morgan fingerprint density at radius 1 is 1.16 bits per heavy atom. The molecule has 1 N–H and O–H groups in total. The number of esters is 1. The second-order valence-electron chi connectivity index (χ2n) is 5.10. The fourth-order valence-electron chi connectivity index (χ4n) is 1.98. The lowest BCUT2D eigenvalue weighted by atomic mass is 10.2. The molecule has 1 amide bonds.